The number of hydrogen-bond acceptors (Lipinski definition) is 1. The lowest BCUT2D eigenvalue weighted by Gasteiger charge is -2.15. The molecular weight excluding hydrogens is 172 g/mol. The van der Waals surface area contributed by atoms with Crippen molar-refractivity contribution in [2.75, 3.05) is 0 Å². The molecule has 0 amide bonds. The largest absolute Gasteiger partial charge is 0.268 e. The molecule has 2 nitrogen and oxygen atoms in total. The third-order valence-electron chi connectivity index (χ3n) is 2.47. The molecule has 1 aromatic carbocycles. The summed E-state index contributed by atoms with van der Waals surface area (Å²) in [5, 5.41) is 5.84. The van der Waals surface area contributed by atoms with Gasteiger partial charge in [-0.1, -0.05) is 39.0 Å². The molecule has 0 unspecified atom stereocenters. The van der Waals surface area contributed by atoms with Crippen LogP contribution >= 0.6 is 0 Å². The van der Waals surface area contributed by atoms with Gasteiger partial charge < -0.3 is 0 Å². The molecule has 1 aromatic heterocycles. The summed E-state index contributed by atoms with van der Waals surface area (Å²) in [7, 11) is 2.00. The van der Waals surface area contributed by atoms with Gasteiger partial charge in [0.1, 0.15) is 0 Å². The second-order valence-corrected chi connectivity index (χ2v) is 4.74. The molecule has 2 rings (SSSR count). The van der Waals surface area contributed by atoms with E-state index >= 15 is 0 Å². The maximum absolute atomic E-state index is 4.58. The normalized spacial score (nSPS) is 12.3. The number of hydrogen-bond donors (Lipinski definition) is 0. The molecule has 1 heterocycles. The minimum atomic E-state index is 0.112. The summed E-state index contributed by atoms with van der Waals surface area (Å²) in [6, 6.07) is 8.37. The Morgan fingerprint density at radius 1 is 1.14 bits per heavy atom. The van der Waals surface area contributed by atoms with E-state index in [0.717, 1.165) is 0 Å². The highest BCUT2D eigenvalue weighted by Crippen LogP contribution is 2.28. The fourth-order valence-electron chi connectivity index (χ4n) is 1.77. The second-order valence-electron chi connectivity index (χ2n) is 4.74. The summed E-state index contributed by atoms with van der Waals surface area (Å²) >= 11 is 0. The highest BCUT2D eigenvalue weighted by atomic mass is 15.3. The van der Waals surface area contributed by atoms with Crippen LogP contribution < -0.4 is 0 Å². The lowest BCUT2D eigenvalue weighted by atomic mass is 9.90. The van der Waals surface area contributed by atoms with Crippen LogP contribution in [0.1, 0.15) is 26.5 Å². The summed E-state index contributed by atoms with van der Waals surface area (Å²) in [4.78, 5) is 0. The summed E-state index contributed by atoms with van der Waals surface area (Å²) in [5.41, 5.74) is 2.49. The van der Waals surface area contributed by atoms with Crippen LogP contribution in [-0.4, -0.2) is 9.78 Å². The summed E-state index contributed by atoms with van der Waals surface area (Å²) in [5.74, 6) is 0. The van der Waals surface area contributed by atoms with E-state index in [2.05, 4.69) is 50.1 Å². The third-order valence-corrected chi connectivity index (χ3v) is 2.47. The Bertz CT molecular complexity index is 461. The van der Waals surface area contributed by atoms with Crippen LogP contribution in [0.4, 0.5) is 0 Å². The Balaban J connectivity index is 2.80. The Morgan fingerprint density at radius 2 is 1.79 bits per heavy atom. The number of nitrogens with zero attached hydrogens (tertiary/aromatic N) is 2. The number of aryl methyl sites for hydroxylation is 1. The molecule has 2 heteroatoms. The van der Waals surface area contributed by atoms with Crippen molar-refractivity contribution in [2.45, 2.75) is 26.2 Å². The highest BCUT2D eigenvalue weighted by molar-refractivity contribution is 5.82. The van der Waals surface area contributed by atoms with E-state index in [1.165, 1.54) is 16.6 Å². The van der Waals surface area contributed by atoms with E-state index in [1.807, 2.05) is 11.7 Å². The Morgan fingerprint density at radius 3 is 2.43 bits per heavy atom. The molecule has 0 aliphatic heterocycles. The monoisotopic (exact) mass is 188 g/mol. The topological polar surface area (TPSA) is 17.8 Å². The Labute approximate surface area is 84.5 Å². The first-order valence-electron chi connectivity index (χ1n) is 4.92. The van der Waals surface area contributed by atoms with Crippen molar-refractivity contribution in [3.8, 4) is 0 Å². The standard InChI is InChI=1S/C12H16N2/c1-12(2,3)11-9-7-5-6-8-10(9)14(4)13-11/h5-8H,1-4H3. The van der Waals surface area contributed by atoms with Crippen molar-refractivity contribution < 1.29 is 0 Å². The smallest absolute Gasteiger partial charge is 0.0756 e. The molecule has 0 saturated heterocycles. The fraction of sp³-hybridized carbons (Fsp3) is 0.417. The average Bonchev–Trinajstić information content (AvgIpc) is 2.44. The summed E-state index contributed by atoms with van der Waals surface area (Å²) in [6.45, 7) is 6.59. The Hall–Kier alpha value is -1.31. The first-order valence-corrected chi connectivity index (χ1v) is 4.92. The first-order chi connectivity index (χ1) is 6.50. The Kier molecular flexibility index (Phi) is 1.88. The molecule has 0 aliphatic rings. The van der Waals surface area contributed by atoms with Gasteiger partial charge in [0.05, 0.1) is 11.2 Å². The van der Waals surface area contributed by atoms with Crippen molar-refractivity contribution in [1.82, 2.24) is 9.78 Å². The number of benzene rings is 1. The lowest BCUT2D eigenvalue weighted by Crippen LogP contribution is -2.12. The lowest BCUT2D eigenvalue weighted by molar-refractivity contribution is 0.558. The second kappa shape index (κ2) is 2.84. The summed E-state index contributed by atoms with van der Waals surface area (Å²) < 4.78 is 1.95. The van der Waals surface area contributed by atoms with Gasteiger partial charge in [0.2, 0.25) is 0 Å². The molecule has 0 N–H and O–H groups in total. The van der Waals surface area contributed by atoms with Crippen LogP contribution in [0.2, 0.25) is 0 Å². The van der Waals surface area contributed by atoms with E-state index in [-0.39, 0.29) is 5.41 Å². The quantitative estimate of drug-likeness (QED) is 0.621. The zero-order chi connectivity index (χ0) is 10.3. The zero-order valence-corrected chi connectivity index (χ0v) is 9.20. The first kappa shape index (κ1) is 9.25. The predicted molar refractivity (Wildman–Crippen MR) is 59.4 cm³/mol. The molecule has 0 aliphatic carbocycles. The zero-order valence-electron chi connectivity index (χ0n) is 9.20. The van der Waals surface area contributed by atoms with E-state index in [0.29, 0.717) is 0 Å². The molecular formula is C12H16N2. The molecule has 14 heavy (non-hydrogen) atoms. The van der Waals surface area contributed by atoms with Crippen molar-refractivity contribution in [1.29, 1.82) is 0 Å². The van der Waals surface area contributed by atoms with Crippen LogP contribution in [0, 0.1) is 0 Å². The van der Waals surface area contributed by atoms with Crippen molar-refractivity contribution in [3.05, 3.63) is 30.0 Å². The fourth-order valence-corrected chi connectivity index (χ4v) is 1.77. The number of para-hydroxylation sites is 1. The molecule has 0 radical (unpaired) electrons. The van der Waals surface area contributed by atoms with E-state index in [9.17, 15) is 0 Å². The third kappa shape index (κ3) is 1.31. The SMILES string of the molecule is Cn1nc(C(C)(C)C)c2ccccc21. The molecule has 0 atom stereocenters. The van der Waals surface area contributed by atoms with Gasteiger partial charge in [-0.2, -0.15) is 5.10 Å². The average molecular weight is 188 g/mol. The van der Waals surface area contributed by atoms with Crippen molar-refractivity contribution in [3.63, 3.8) is 0 Å². The van der Waals surface area contributed by atoms with Gasteiger partial charge in [-0.3, -0.25) is 4.68 Å². The van der Waals surface area contributed by atoms with E-state index in [1.54, 1.807) is 0 Å². The van der Waals surface area contributed by atoms with Crippen LogP contribution in [-0.2, 0) is 12.5 Å². The number of rotatable bonds is 0. The van der Waals surface area contributed by atoms with Crippen LogP contribution in [0.15, 0.2) is 24.3 Å². The molecule has 0 spiro atoms. The molecule has 2 aromatic rings. The van der Waals surface area contributed by atoms with Crippen LogP contribution in [0.3, 0.4) is 0 Å². The van der Waals surface area contributed by atoms with Crippen LogP contribution in [0.25, 0.3) is 10.9 Å². The highest BCUT2D eigenvalue weighted by Gasteiger charge is 2.20. The van der Waals surface area contributed by atoms with Gasteiger partial charge in [-0.05, 0) is 6.07 Å². The number of aromatic nitrogens is 2. The van der Waals surface area contributed by atoms with Gasteiger partial charge >= 0.3 is 0 Å². The van der Waals surface area contributed by atoms with Crippen molar-refractivity contribution in [2.24, 2.45) is 7.05 Å². The maximum Gasteiger partial charge on any atom is 0.0756 e. The molecule has 0 bridgehead atoms. The molecule has 0 saturated carbocycles. The van der Waals surface area contributed by atoms with E-state index in [4.69, 9.17) is 0 Å². The molecule has 0 fully saturated rings. The number of fused-ring (bicyclic) bond motifs is 1. The van der Waals surface area contributed by atoms with Gasteiger partial charge in [-0.15, -0.1) is 0 Å². The maximum atomic E-state index is 4.58. The van der Waals surface area contributed by atoms with Crippen LogP contribution in [0.5, 0.6) is 0 Å². The van der Waals surface area contributed by atoms with Crippen molar-refractivity contribution >= 4 is 10.9 Å². The minimum absolute atomic E-state index is 0.112. The minimum Gasteiger partial charge on any atom is -0.268 e. The van der Waals surface area contributed by atoms with E-state index < -0.39 is 0 Å². The van der Waals surface area contributed by atoms with Gasteiger partial charge in [-0.25, -0.2) is 0 Å². The molecule has 74 valence electrons. The summed E-state index contributed by atoms with van der Waals surface area (Å²) in [6.07, 6.45) is 0. The van der Waals surface area contributed by atoms with Gasteiger partial charge in [0.25, 0.3) is 0 Å². The van der Waals surface area contributed by atoms with Gasteiger partial charge in [0.15, 0.2) is 0 Å². The predicted octanol–water partition coefficient (Wildman–Crippen LogP) is 2.87. The van der Waals surface area contributed by atoms with Gasteiger partial charge in [0, 0.05) is 17.8 Å².